The van der Waals surface area contributed by atoms with Gasteiger partial charge >= 0.3 is 0 Å². The number of pyridine rings is 2. The van der Waals surface area contributed by atoms with E-state index < -0.39 is 0 Å². The second-order valence-corrected chi connectivity index (χ2v) is 5.57. The van der Waals surface area contributed by atoms with Crippen LogP contribution < -0.4 is 11.3 Å². The van der Waals surface area contributed by atoms with E-state index in [1.807, 2.05) is 12.1 Å². The summed E-state index contributed by atoms with van der Waals surface area (Å²) in [7, 11) is 0. The van der Waals surface area contributed by atoms with E-state index in [1.54, 1.807) is 30.1 Å². The molecule has 0 fully saturated rings. The topological polar surface area (TPSA) is 63.8 Å². The molecule has 2 aromatic heterocycles. The molecule has 7 heteroatoms. The Balaban J connectivity index is 2.13. The lowest BCUT2D eigenvalue weighted by atomic mass is 10.4. The second-order valence-electron chi connectivity index (χ2n) is 3.35. The smallest absolute Gasteiger partial charge is 0.140 e. The van der Waals surface area contributed by atoms with Gasteiger partial charge in [-0.3, -0.25) is 0 Å². The first kappa shape index (κ1) is 13.6. The fourth-order valence-corrected chi connectivity index (χ4v) is 2.96. The van der Waals surface area contributed by atoms with Gasteiger partial charge in [-0.25, -0.2) is 15.8 Å². The third-order valence-corrected chi connectivity index (χ3v) is 4.40. The highest BCUT2D eigenvalue weighted by molar-refractivity contribution is 9.10. The maximum Gasteiger partial charge on any atom is 0.140 e. The SMILES string of the molecule is NNc1ccc(Cl)c(CSc2ncccc2Br)n1. The van der Waals surface area contributed by atoms with Crippen LogP contribution in [0.5, 0.6) is 0 Å². The molecule has 0 aromatic carbocycles. The molecule has 0 bridgehead atoms. The van der Waals surface area contributed by atoms with Gasteiger partial charge in [0.2, 0.25) is 0 Å². The van der Waals surface area contributed by atoms with E-state index >= 15 is 0 Å². The molecule has 0 aliphatic heterocycles. The zero-order valence-corrected chi connectivity index (χ0v) is 12.4. The largest absolute Gasteiger partial charge is 0.308 e. The zero-order valence-electron chi connectivity index (χ0n) is 9.23. The molecule has 0 unspecified atom stereocenters. The quantitative estimate of drug-likeness (QED) is 0.505. The van der Waals surface area contributed by atoms with E-state index in [2.05, 4.69) is 31.3 Å². The molecule has 94 valence electrons. The molecule has 0 atom stereocenters. The van der Waals surface area contributed by atoms with Gasteiger partial charge in [-0.15, -0.1) is 0 Å². The Morgan fingerprint density at radius 2 is 2.22 bits per heavy atom. The predicted molar refractivity (Wildman–Crippen MR) is 78.6 cm³/mol. The number of halogens is 2. The van der Waals surface area contributed by atoms with Gasteiger partial charge in [-0.05, 0) is 40.2 Å². The van der Waals surface area contributed by atoms with Crippen molar-refractivity contribution in [1.29, 1.82) is 0 Å². The maximum absolute atomic E-state index is 6.08. The number of hydrazine groups is 1. The lowest BCUT2D eigenvalue weighted by Gasteiger charge is -2.06. The standard InChI is InChI=1S/C11H10BrClN4S/c12-7-2-1-5-15-11(7)18-6-9-8(13)3-4-10(16-9)17-14/h1-5H,6,14H2,(H,16,17). The van der Waals surface area contributed by atoms with Crippen LogP contribution in [0.3, 0.4) is 0 Å². The molecule has 2 rings (SSSR count). The summed E-state index contributed by atoms with van der Waals surface area (Å²) >= 11 is 11.1. The van der Waals surface area contributed by atoms with Gasteiger partial charge in [0, 0.05) is 16.4 Å². The molecule has 0 saturated heterocycles. The molecule has 3 N–H and O–H groups in total. The first-order valence-electron chi connectivity index (χ1n) is 5.06. The number of thioether (sulfide) groups is 1. The van der Waals surface area contributed by atoms with Crippen LogP contribution >= 0.6 is 39.3 Å². The highest BCUT2D eigenvalue weighted by Crippen LogP contribution is 2.29. The number of hydrogen-bond acceptors (Lipinski definition) is 5. The highest BCUT2D eigenvalue weighted by Gasteiger charge is 2.07. The van der Waals surface area contributed by atoms with E-state index in [4.69, 9.17) is 17.4 Å². The van der Waals surface area contributed by atoms with Crippen molar-refractivity contribution in [2.45, 2.75) is 10.8 Å². The van der Waals surface area contributed by atoms with E-state index in [0.717, 1.165) is 15.2 Å². The van der Waals surface area contributed by atoms with Gasteiger partial charge < -0.3 is 5.43 Å². The molecule has 4 nitrogen and oxygen atoms in total. The lowest BCUT2D eigenvalue weighted by molar-refractivity contribution is 1.09. The molecule has 2 aromatic rings. The first-order chi connectivity index (χ1) is 8.70. The van der Waals surface area contributed by atoms with Crippen LogP contribution in [-0.4, -0.2) is 9.97 Å². The first-order valence-corrected chi connectivity index (χ1v) is 7.21. The van der Waals surface area contributed by atoms with Crippen LogP contribution in [0.1, 0.15) is 5.69 Å². The van der Waals surface area contributed by atoms with Gasteiger partial charge in [-0.2, -0.15) is 0 Å². The molecule has 2 heterocycles. The molecular formula is C11H10BrClN4S. The number of anilines is 1. The summed E-state index contributed by atoms with van der Waals surface area (Å²) in [6.07, 6.45) is 1.75. The Hall–Kier alpha value is -0.820. The maximum atomic E-state index is 6.08. The number of nitrogens with two attached hydrogens (primary N) is 1. The fraction of sp³-hybridized carbons (Fsp3) is 0.0909. The number of hydrogen-bond donors (Lipinski definition) is 2. The van der Waals surface area contributed by atoms with E-state index in [0.29, 0.717) is 16.6 Å². The molecule has 0 radical (unpaired) electrons. The number of rotatable bonds is 4. The van der Waals surface area contributed by atoms with Crippen LogP contribution in [0.15, 0.2) is 40.0 Å². The van der Waals surface area contributed by atoms with Gasteiger partial charge in [0.05, 0.1) is 10.7 Å². The fourth-order valence-electron chi connectivity index (χ4n) is 1.28. The summed E-state index contributed by atoms with van der Waals surface area (Å²) in [6, 6.07) is 7.32. The normalized spacial score (nSPS) is 10.4. The molecule has 0 saturated carbocycles. The van der Waals surface area contributed by atoms with Crippen LogP contribution in [0.25, 0.3) is 0 Å². The van der Waals surface area contributed by atoms with Crippen molar-refractivity contribution in [2.24, 2.45) is 5.84 Å². The highest BCUT2D eigenvalue weighted by atomic mass is 79.9. The summed E-state index contributed by atoms with van der Waals surface area (Å²) < 4.78 is 0.958. The second kappa shape index (κ2) is 6.38. The summed E-state index contributed by atoms with van der Waals surface area (Å²) in [5, 5.41) is 1.52. The van der Waals surface area contributed by atoms with Crippen LogP contribution in [0.2, 0.25) is 5.02 Å². The van der Waals surface area contributed by atoms with Crippen molar-refractivity contribution in [3.8, 4) is 0 Å². The van der Waals surface area contributed by atoms with Crippen LogP contribution in [0.4, 0.5) is 5.82 Å². The number of nitrogens with one attached hydrogen (secondary N) is 1. The predicted octanol–water partition coefficient (Wildman–Crippen LogP) is 3.47. The minimum absolute atomic E-state index is 0.593. The van der Waals surface area contributed by atoms with E-state index in [1.165, 1.54) is 0 Å². The van der Waals surface area contributed by atoms with Crippen molar-refractivity contribution in [3.05, 3.63) is 45.7 Å². The van der Waals surface area contributed by atoms with Gasteiger partial charge in [0.15, 0.2) is 0 Å². The molecule has 0 aliphatic rings. The number of aromatic nitrogens is 2. The molecule has 18 heavy (non-hydrogen) atoms. The van der Waals surface area contributed by atoms with E-state index in [9.17, 15) is 0 Å². The summed E-state index contributed by atoms with van der Waals surface area (Å²) in [5.41, 5.74) is 3.27. The van der Waals surface area contributed by atoms with Crippen LogP contribution in [-0.2, 0) is 5.75 Å². The monoisotopic (exact) mass is 344 g/mol. The third kappa shape index (κ3) is 3.35. The Morgan fingerprint density at radius 3 is 2.94 bits per heavy atom. The van der Waals surface area contributed by atoms with Gasteiger partial charge in [0.1, 0.15) is 10.8 Å². The average Bonchev–Trinajstić information content (AvgIpc) is 2.39. The van der Waals surface area contributed by atoms with Crippen molar-refractivity contribution in [2.75, 3.05) is 5.43 Å². The van der Waals surface area contributed by atoms with Crippen LogP contribution in [0, 0.1) is 0 Å². The minimum Gasteiger partial charge on any atom is -0.308 e. The molecular weight excluding hydrogens is 336 g/mol. The Kier molecular flexibility index (Phi) is 4.82. The Bertz CT molecular complexity index is 552. The van der Waals surface area contributed by atoms with Crippen molar-refractivity contribution in [1.82, 2.24) is 9.97 Å². The Morgan fingerprint density at radius 1 is 1.39 bits per heavy atom. The van der Waals surface area contributed by atoms with Gasteiger partial charge in [0.25, 0.3) is 0 Å². The van der Waals surface area contributed by atoms with Gasteiger partial charge in [-0.1, -0.05) is 23.4 Å². The Labute approximate surface area is 122 Å². The van der Waals surface area contributed by atoms with E-state index in [-0.39, 0.29) is 0 Å². The molecule has 0 spiro atoms. The van der Waals surface area contributed by atoms with Crippen molar-refractivity contribution < 1.29 is 0 Å². The minimum atomic E-state index is 0.593. The average molecular weight is 346 g/mol. The lowest BCUT2D eigenvalue weighted by Crippen LogP contribution is -2.09. The zero-order chi connectivity index (χ0) is 13.0. The van der Waals surface area contributed by atoms with Crippen molar-refractivity contribution in [3.63, 3.8) is 0 Å². The van der Waals surface area contributed by atoms with Crippen molar-refractivity contribution >= 4 is 45.1 Å². The number of nitrogens with zero attached hydrogens (tertiary/aromatic N) is 2. The summed E-state index contributed by atoms with van der Waals surface area (Å²) in [6.45, 7) is 0. The summed E-state index contributed by atoms with van der Waals surface area (Å²) in [5.74, 6) is 6.54. The molecule has 0 aliphatic carbocycles. The number of nitrogen functional groups attached to an aromatic ring is 1. The third-order valence-electron chi connectivity index (χ3n) is 2.14. The molecule has 0 amide bonds. The summed E-state index contributed by atoms with van der Waals surface area (Å²) in [4.78, 5) is 8.57.